The van der Waals surface area contributed by atoms with Crippen LogP contribution in [0.1, 0.15) is 11.1 Å². The summed E-state index contributed by atoms with van der Waals surface area (Å²) in [6, 6.07) is 13.5. The van der Waals surface area contributed by atoms with Crippen LogP contribution in [0.3, 0.4) is 0 Å². The summed E-state index contributed by atoms with van der Waals surface area (Å²) in [7, 11) is 1.63. The highest BCUT2D eigenvalue weighted by Crippen LogP contribution is 2.28. The van der Waals surface area contributed by atoms with E-state index in [1.54, 1.807) is 7.11 Å². The maximum absolute atomic E-state index is 11.3. The molecule has 118 valence electrons. The molecule has 4 nitrogen and oxygen atoms in total. The monoisotopic (exact) mass is 328 g/mol. The molecule has 0 radical (unpaired) electrons. The molecule has 0 aliphatic carbocycles. The molecule has 0 aliphatic rings. The first kappa shape index (κ1) is 15.4. The van der Waals surface area contributed by atoms with Crippen molar-refractivity contribution in [3.63, 3.8) is 0 Å². The van der Waals surface area contributed by atoms with Crippen LogP contribution in [0, 0.1) is 0 Å². The van der Waals surface area contributed by atoms with Gasteiger partial charge < -0.3 is 15.0 Å². The highest BCUT2D eigenvalue weighted by Gasteiger charge is 2.12. The summed E-state index contributed by atoms with van der Waals surface area (Å²) in [5.41, 5.74) is 8.27. The van der Waals surface area contributed by atoms with Crippen molar-refractivity contribution in [2.24, 2.45) is 5.73 Å². The fourth-order valence-electron chi connectivity index (χ4n) is 2.74. The van der Waals surface area contributed by atoms with Gasteiger partial charge in [-0.1, -0.05) is 29.8 Å². The number of benzene rings is 2. The summed E-state index contributed by atoms with van der Waals surface area (Å²) in [5.74, 6) is 0.416. The van der Waals surface area contributed by atoms with Crippen LogP contribution in [0.2, 0.25) is 5.02 Å². The Hall–Kier alpha value is -2.46. The van der Waals surface area contributed by atoms with E-state index in [4.69, 9.17) is 22.1 Å². The van der Waals surface area contributed by atoms with Crippen molar-refractivity contribution in [3.05, 3.63) is 64.8 Å². The Bertz CT molecular complexity index is 871. The molecule has 1 amide bonds. The van der Waals surface area contributed by atoms with Crippen LogP contribution in [0.15, 0.2) is 48.7 Å². The van der Waals surface area contributed by atoms with Gasteiger partial charge in [0.2, 0.25) is 5.91 Å². The normalized spacial score (nSPS) is 10.9. The Kier molecular flexibility index (Phi) is 4.26. The van der Waals surface area contributed by atoms with Gasteiger partial charge in [0.1, 0.15) is 5.75 Å². The van der Waals surface area contributed by atoms with Gasteiger partial charge in [0.05, 0.1) is 19.0 Å². The average Bonchev–Trinajstić information content (AvgIpc) is 2.86. The molecule has 23 heavy (non-hydrogen) atoms. The van der Waals surface area contributed by atoms with Crippen LogP contribution in [0.25, 0.3) is 10.9 Å². The van der Waals surface area contributed by atoms with Gasteiger partial charge in [-0.05, 0) is 29.3 Å². The van der Waals surface area contributed by atoms with Gasteiger partial charge in [-0.2, -0.15) is 0 Å². The third-order valence-electron chi connectivity index (χ3n) is 3.84. The zero-order chi connectivity index (χ0) is 16.4. The third kappa shape index (κ3) is 3.17. The van der Waals surface area contributed by atoms with E-state index in [0.717, 1.165) is 27.8 Å². The number of ether oxygens (including phenoxy) is 1. The molecule has 0 aliphatic heterocycles. The standard InChI is InChI=1S/C18H17ClN2O2/c1-23-14-6-7-15-13(8-18(20)22)11-21(17(15)9-14)10-12-4-2-3-5-16(12)19/h2-7,9,11H,8,10H2,1H3,(H2,20,22). The lowest BCUT2D eigenvalue weighted by Crippen LogP contribution is -2.13. The van der Waals surface area contributed by atoms with Crippen molar-refractivity contribution in [2.45, 2.75) is 13.0 Å². The largest absolute Gasteiger partial charge is 0.497 e. The van der Waals surface area contributed by atoms with E-state index in [1.165, 1.54) is 0 Å². The van der Waals surface area contributed by atoms with Gasteiger partial charge in [-0.15, -0.1) is 0 Å². The molecule has 0 fully saturated rings. The summed E-state index contributed by atoms with van der Waals surface area (Å²) < 4.78 is 7.38. The van der Waals surface area contributed by atoms with Crippen molar-refractivity contribution < 1.29 is 9.53 Å². The Morgan fingerprint density at radius 3 is 2.70 bits per heavy atom. The topological polar surface area (TPSA) is 57.2 Å². The molecule has 5 heteroatoms. The summed E-state index contributed by atoms with van der Waals surface area (Å²) in [6.07, 6.45) is 2.16. The molecule has 0 unspecified atom stereocenters. The van der Waals surface area contributed by atoms with E-state index >= 15 is 0 Å². The number of carbonyl (C=O) groups is 1. The van der Waals surface area contributed by atoms with Gasteiger partial charge in [0.15, 0.2) is 0 Å². The van der Waals surface area contributed by atoms with E-state index in [9.17, 15) is 4.79 Å². The van der Waals surface area contributed by atoms with Crippen LogP contribution in [0.5, 0.6) is 5.75 Å². The number of aromatic nitrogens is 1. The van der Waals surface area contributed by atoms with Crippen molar-refractivity contribution >= 4 is 28.4 Å². The zero-order valence-corrected chi connectivity index (χ0v) is 13.5. The van der Waals surface area contributed by atoms with Gasteiger partial charge >= 0.3 is 0 Å². The van der Waals surface area contributed by atoms with Gasteiger partial charge in [-0.25, -0.2) is 0 Å². The van der Waals surface area contributed by atoms with Gasteiger partial charge in [-0.3, -0.25) is 4.79 Å². The lowest BCUT2D eigenvalue weighted by molar-refractivity contribution is -0.117. The average molecular weight is 329 g/mol. The molecule has 0 spiro atoms. The van der Waals surface area contributed by atoms with Gasteiger partial charge in [0.25, 0.3) is 0 Å². The van der Waals surface area contributed by atoms with Crippen LogP contribution in [-0.2, 0) is 17.8 Å². The van der Waals surface area contributed by atoms with Crippen LogP contribution in [0.4, 0.5) is 0 Å². The van der Waals surface area contributed by atoms with Gasteiger partial charge in [0, 0.05) is 29.2 Å². The lowest BCUT2D eigenvalue weighted by Gasteiger charge is -2.08. The second-order valence-corrected chi connectivity index (χ2v) is 5.81. The summed E-state index contributed by atoms with van der Waals surface area (Å²) in [5, 5.41) is 1.71. The molecule has 3 rings (SSSR count). The van der Waals surface area contributed by atoms with Crippen molar-refractivity contribution in [1.82, 2.24) is 4.57 Å². The number of nitrogens with two attached hydrogens (primary N) is 1. The number of fused-ring (bicyclic) bond motifs is 1. The number of halogens is 1. The Labute approximate surface area is 139 Å². The fraction of sp³-hybridized carbons (Fsp3) is 0.167. The zero-order valence-electron chi connectivity index (χ0n) is 12.8. The minimum absolute atomic E-state index is 0.207. The quantitative estimate of drug-likeness (QED) is 0.780. The van der Waals surface area contributed by atoms with Crippen LogP contribution < -0.4 is 10.5 Å². The minimum atomic E-state index is -0.349. The number of carbonyl (C=O) groups excluding carboxylic acids is 1. The van der Waals surface area contributed by atoms with E-state index in [-0.39, 0.29) is 12.3 Å². The first-order valence-electron chi connectivity index (χ1n) is 7.26. The lowest BCUT2D eigenvalue weighted by atomic mass is 10.1. The molecule has 0 bridgehead atoms. The Morgan fingerprint density at radius 1 is 1.22 bits per heavy atom. The van der Waals surface area contributed by atoms with E-state index in [1.807, 2.05) is 48.7 Å². The van der Waals surface area contributed by atoms with Crippen molar-refractivity contribution in [2.75, 3.05) is 7.11 Å². The molecule has 1 aromatic heterocycles. The number of amides is 1. The molecule has 2 aromatic carbocycles. The molecule has 0 saturated carbocycles. The second kappa shape index (κ2) is 6.34. The summed E-state index contributed by atoms with van der Waals surface area (Å²) >= 11 is 6.26. The first-order chi connectivity index (χ1) is 11.1. The highest BCUT2D eigenvalue weighted by molar-refractivity contribution is 6.31. The Balaban J connectivity index is 2.11. The van der Waals surface area contributed by atoms with Crippen molar-refractivity contribution in [3.8, 4) is 5.75 Å². The number of methoxy groups -OCH3 is 1. The summed E-state index contributed by atoms with van der Waals surface area (Å²) in [6.45, 7) is 0.613. The molecular formula is C18H17ClN2O2. The molecular weight excluding hydrogens is 312 g/mol. The highest BCUT2D eigenvalue weighted by atomic mass is 35.5. The minimum Gasteiger partial charge on any atom is -0.497 e. The number of rotatable bonds is 5. The molecule has 0 saturated heterocycles. The molecule has 3 aromatic rings. The Morgan fingerprint density at radius 2 is 2.00 bits per heavy atom. The third-order valence-corrected chi connectivity index (χ3v) is 4.20. The summed E-state index contributed by atoms with van der Waals surface area (Å²) in [4.78, 5) is 11.3. The van der Waals surface area contributed by atoms with Crippen molar-refractivity contribution in [1.29, 1.82) is 0 Å². The van der Waals surface area contributed by atoms with E-state index < -0.39 is 0 Å². The number of primary amides is 1. The predicted octanol–water partition coefficient (Wildman–Crippen LogP) is 3.38. The predicted molar refractivity (Wildman–Crippen MR) is 91.9 cm³/mol. The fourth-order valence-corrected chi connectivity index (χ4v) is 2.94. The molecule has 0 atom stereocenters. The van der Waals surface area contributed by atoms with Crippen LogP contribution >= 0.6 is 11.6 Å². The molecule has 2 N–H and O–H groups in total. The number of hydrogen-bond donors (Lipinski definition) is 1. The molecule has 1 heterocycles. The SMILES string of the molecule is COc1ccc2c(CC(N)=O)cn(Cc3ccccc3Cl)c2c1. The smallest absolute Gasteiger partial charge is 0.221 e. The van der Waals surface area contributed by atoms with E-state index in [0.29, 0.717) is 11.6 Å². The second-order valence-electron chi connectivity index (χ2n) is 5.40. The van der Waals surface area contributed by atoms with Crippen LogP contribution in [-0.4, -0.2) is 17.6 Å². The number of nitrogens with zero attached hydrogens (tertiary/aromatic N) is 1. The van der Waals surface area contributed by atoms with E-state index in [2.05, 4.69) is 4.57 Å². The maximum Gasteiger partial charge on any atom is 0.221 e. The maximum atomic E-state index is 11.3. The first-order valence-corrected chi connectivity index (χ1v) is 7.63. The number of hydrogen-bond acceptors (Lipinski definition) is 2.